The zero-order valence-electron chi connectivity index (χ0n) is 9.84. The molecule has 1 saturated heterocycles. The minimum Gasteiger partial charge on any atom is -0.374 e. The van der Waals surface area contributed by atoms with Crippen LogP contribution in [0.2, 0.25) is 0 Å². The third kappa shape index (κ3) is 1.70. The molecule has 1 saturated carbocycles. The van der Waals surface area contributed by atoms with Crippen LogP contribution in [0.4, 0.5) is 0 Å². The first kappa shape index (κ1) is 10.4. The summed E-state index contributed by atoms with van der Waals surface area (Å²) in [6, 6.07) is 1.29. The molecule has 2 aliphatic rings. The van der Waals surface area contributed by atoms with Gasteiger partial charge in [0.2, 0.25) is 0 Å². The molecule has 0 bridgehead atoms. The first-order valence-corrected chi connectivity index (χ1v) is 5.90. The van der Waals surface area contributed by atoms with Gasteiger partial charge in [-0.3, -0.25) is 0 Å². The highest BCUT2D eigenvalue weighted by molar-refractivity contribution is 4.97. The summed E-state index contributed by atoms with van der Waals surface area (Å²) < 4.78 is 5.72. The van der Waals surface area contributed by atoms with Gasteiger partial charge in [-0.05, 0) is 38.5 Å². The molecule has 2 fully saturated rings. The topological polar surface area (TPSA) is 21.3 Å². The van der Waals surface area contributed by atoms with Crippen molar-refractivity contribution in [3.63, 3.8) is 0 Å². The maximum absolute atomic E-state index is 5.72. The Balaban J connectivity index is 1.86. The van der Waals surface area contributed by atoms with E-state index in [9.17, 15) is 0 Å². The number of hydrogen-bond donors (Lipinski definition) is 1. The second-order valence-electron chi connectivity index (χ2n) is 5.64. The fourth-order valence-electron chi connectivity index (χ4n) is 2.68. The lowest BCUT2D eigenvalue weighted by Gasteiger charge is -2.44. The molecule has 1 aliphatic carbocycles. The van der Waals surface area contributed by atoms with Crippen molar-refractivity contribution in [2.75, 3.05) is 6.61 Å². The van der Waals surface area contributed by atoms with Crippen molar-refractivity contribution in [1.29, 1.82) is 0 Å². The average molecular weight is 197 g/mol. The van der Waals surface area contributed by atoms with Crippen molar-refractivity contribution in [3.05, 3.63) is 0 Å². The Morgan fingerprint density at radius 2 is 2.00 bits per heavy atom. The van der Waals surface area contributed by atoms with E-state index in [1.54, 1.807) is 0 Å². The van der Waals surface area contributed by atoms with Crippen molar-refractivity contribution >= 4 is 0 Å². The smallest absolute Gasteiger partial charge is 0.0779 e. The van der Waals surface area contributed by atoms with Gasteiger partial charge in [-0.15, -0.1) is 0 Å². The van der Waals surface area contributed by atoms with E-state index >= 15 is 0 Å². The van der Waals surface area contributed by atoms with Crippen molar-refractivity contribution in [3.8, 4) is 0 Å². The molecule has 4 unspecified atom stereocenters. The van der Waals surface area contributed by atoms with Crippen LogP contribution < -0.4 is 5.32 Å². The lowest BCUT2D eigenvalue weighted by Crippen LogP contribution is -2.56. The van der Waals surface area contributed by atoms with Crippen LogP contribution in [-0.4, -0.2) is 24.3 Å². The van der Waals surface area contributed by atoms with Crippen molar-refractivity contribution in [1.82, 2.24) is 5.32 Å². The predicted octanol–water partition coefficient (Wildman–Crippen LogP) is 2.19. The summed E-state index contributed by atoms with van der Waals surface area (Å²) in [7, 11) is 0. The second-order valence-corrected chi connectivity index (χ2v) is 5.64. The predicted molar refractivity (Wildman–Crippen MR) is 58.3 cm³/mol. The normalized spacial score (nSPS) is 46.3. The Bertz CT molecular complexity index is 214. The third-order valence-electron chi connectivity index (χ3n) is 4.29. The number of rotatable bonds is 2. The molecule has 0 spiro atoms. The van der Waals surface area contributed by atoms with E-state index in [2.05, 4.69) is 33.0 Å². The Morgan fingerprint density at radius 3 is 2.43 bits per heavy atom. The first-order valence-electron chi connectivity index (χ1n) is 5.90. The molecule has 0 amide bonds. The molecule has 14 heavy (non-hydrogen) atoms. The van der Waals surface area contributed by atoms with Crippen LogP contribution in [0.3, 0.4) is 0 Å². The summed E-state index contributed by atoms with van der Waals surface area (Å²) in [6.45, 7) is 10.0. The molecule has 1 heterocycles. The Hall–Kier alpha value is -0.0800. The van der Waals surface area contributed by atoms with E-state index in [1.807, 2.05) is 0 Å². The molecule has 2 nitrogen and oxygen atoms in total. The van der Waals surface area contributed by atoms with Crippen LogP contribution >= 0.6 is 0 Å². The van der Waals surface area contributed by atoms with Gasteiger partial charge < -0.3 is 10.1 Å². The van der Waals surface area contributed by atoms with Crippen LogP contribution in [0.25, 0.3) is 0 Å². The molecule has 0 aromatic carbocycles. The van der Waals surface area contributed by atoms with E-state index in [1.165, 1.54) is 12.8 Å². The Morgan fingerprint density at radius 1 is 1.29 bits per heavy atom. The highest BCUT2D eigenvalue weighted by Gasteiger charge is 2.41. The quantitative estimate of drug-likeness (QED) is 0.732. The fraction of sp³-hybridized carbons (Fsp3) is 1.00. The highest BCUT2D eigenvalue weighted by atomic mass is 16.5. The average Bonchev–Trinajstić information content (AvgIpc) is 2.45. The lowest BCUT2D eigenvalue weighted by atomic mass is 9.71. The SMILES string of the molecule is CC1CC(NC2CCOC2(C)C)C1C. The van der Waals surface area contributed by atoms with Crippen LogP contribution in [0, 0.1) is 11.8 Å². The molecular weight excluding hydrogens is 174 g/mol. The summed E-state index contributed by atoms with van der Waals surface area (Å²) >= 11 is 0. The van der Waals surface area contributed by atoms with Gasteiger partial charge in [0.05, 0.1) is 5.60 Å². The zero-order valence-corrected chi connectivity index (χ0v) is 9.84. The van der Waals surface area contributed by atoms with Gasteiger partial charge in [0, 0.05) is 18.7 Å². The van der Waals surface area contributed by atoms with Crippen LogP contribution in [0.1, 0.15) is 40.5 Å². The molecule has 4 atom stereocenters. The molecule has 0 aromatic rings. The summed E-state index contributed by atoms with van der Waals surface area (Å²) in [5, 5.41) is 3.76. The summed E-state index contributed by atoms with van der Waals surface area (Å²) in [5.74, 6) is 1.74. The molecule has 1 N–H and O–H groups in total. The molecule has 82 valence electrons. The minimum absolute atomic E-state index is 0.0402. The molecule has 2 heteroatoms. The molecule has 2 rings (SSSR count). The van der Waals surface area contributed by atoms with E-state index < -0.39 is 0 Å². The van der Waals surface area contributed by atoms with Crippen molar-refractivity contribution < 1.29 is 4.74 Å². The Kier molecular flexibility index (Phi) is 2.61. The van der Waals surface area contributed by atoms with Gasteiger partial charge in [-0.2, -0.15) is 0 Å². The fourth-order valence-corrected chi connectivity index (χ4v) is 2.68. The third-order valence-corrected chi connectivity index (χ3v) is 4.29. The van der Waals surface area contributed by atoms with E-state index in [0.717, 1.165) is 24.5 Å². The van der Waals surface area contributed by atoms with Gasteiger partial charge in [-0.25, -0.2) is 0 Å². The largest absolute Gasteiger partial charge is 0.374 e. The maximum atomic E-state index is 5.72. The number of hydrogen-bond acceptors (Lipinski definition) is 2. The summed E-state index contributed by atoms with van der Waals surface area (Å²) in [4.78, 5) is 0. The van der Waals surface area contributed by atoms with Crippen molar-refractivity contribution in [2.45, 2.75) is 58.2 Å². The van der Waals surface area contributed by atoms with E-state index in [0.29, 0.717) is 6.04 Å². The van der Waals surface area contributed by atoms with E-state index in [4.69, 9.17) is 4.74 Å². The lowest BCUT2D eigenvalue weighted by molar-refractivity contribution is 0.00954. The monoisotopic (exact) mass is 197 g/mol. The van der Waals surface area contributed by atoms with Gasteiger partial charge >= 0.3 is 0 Å². The summed E-state index contributed by atoms with van der Waals surface area (Å²) in [5.41, 5.74) is 0.0402. The van der Waals surface area contributed by atoms with Crippen LogP contribution in [0.15, 0.2) is 0 Å². The van der Waals surface area contributed by atoms with Crippen LogP contribution in [-0.2, 0) is 4.74 Å². The minimum atomic E-state index is 0.0402. The first-order chi connectivity index (χ1) is 6.50. The van der Waals surface area contributed by atoms with Gasteiger partial charge in [0.25, 0.3) is 0 Å². The maximum Gasteiger partial charge on any atom is 0.0779 e. The highest BCUT2D eigenvalue weighted by Crippen LogP contribution is 2.36. The number of nitrogens with one attached hydrogen (secondary N) is 1. The van der Waals surface area contributed by atoms with Gasteiger partial charge in [0.15, 0.2) is 0 Å². The summed E-state index contributed by atoms with van der Waals surface area (Å²) in [6.07, 6.45) is 2.51. The van der Waals surface area contributed by atoms with Crippen LogP contribution in [0.5, 0.6) is 0 Å². The standard InChI is InChI=1S/C12H23NO/c1-8-7-10(9(8)2)13-11-5-6-14-12(11,3)4/h8-11,13H,5-7H2,1-4H3. The molecule has 0 radical (unpaired) electrons. The van der Waals surface area contributed by atoms with E-state index in [-0.39, 0.29) is 5.60 Å². The molecule has 0 aromatic heterocycles. The number of ether oxygens (including phenoxy) is 1. The van der Waals surface area contributed by atoms with Gasteiger partial charge in [-0.1, -0.05) is 13.8 Å². The molecular formula is C12H23NO. The Labute approximate surface area is 87.4 Å². The van der Waals surface area contributed by atoms with Crippen molar-refractivity contribution in [2.24, 2.45) is 11.8 Å². The van der Waals surface area contributed by atoms with Gasteiger partial charge in [0.1, 0.15) is 0 Å². The second kappa shape index (κ2) is 3.49. The zero-order chi connectivity index (χ0) is 10.3. The molecule has 1 aliphatic heterocycles.